The molecule has 0 radical (unpaired) electrons. The lowest BCUT2D eigenvalue weighted by atomic mass is 9.47. The fourth-order valence-corrected chi connectivity index (χ4v) is 9.37. The average molecular weight is 552 g/mol. The van der Waals surface area contributed by atoms with Crippen LogP contribution in [0, 0.1) is 44.6 Å². The minimum atomic E-state index is -0.729. The van der Waals surface area contributed by atoms with Gasteiger partial charge in [-0.15, -0.1) is 0 Å². The number of benzene rings is 1. The number of carbonyl (C=O) groups is 1. The van der Waals surface area contributed by atoms with Gasteiger partial charge in [0.1, 0.15) is 11.9 Å². The molecule has 3 saturated carbocycles. The van der Waals surface area contributed by atoms with E-state index in [-0.39, 0.29) is 23.0 Å². The molecular formula is C34H49NO5. The van der Waals surface area contributed by atoms with Crippen molar-refractivity contribution in [2.45, 2.75) is 123 Å². The van der Waals surface area contributed by atoms with Gasteiger partial charge in [-0.2, -0.15) is 0 Å². The van der Waals surface area contributed by atoms with E-state index >= 15 is 0 Å². The predicted octanol–water partition coefficient (Wildman–Crippen LogP) is 9.81. The molecule has 7 atom stereocenters. The Morgan fingerprint density at radius 3 is 2.48 bits per heavy atom. The third-order valence-electron chi connectivity index (χ3n) is 11.7. The van der Waals surface area contributed by atoms with E-state index in [0.717, 1.165) is 42.9 Å². The van der Waals surface area contributed by atoms with Gasteiger partial charge in [0.25, 0.3) is 5.69 Å². The van der Waals surface area contributed by atoms with Gasteiger partial charge in [-0.1, -0.05) is 70.9 Å². The molecule has 6 nitrogen and oxygen atoms in total. The smallest absolute Gasteiger partial charge is 0.430 e. The first-order chi connectivity index (χ1) is 19.2. The van der Waals surface area contributed by atoms with Crippen molar-refractivity contribution in [3.05, 3.63) is 46.0 Å². The van der Waals surface area contributed by atoms with Crippen molar-refractivity contribution in [1.29, 1.82) is 0 Å². The Hall–Kier alpha value is -2.37. The molecule has 4 aliphatic rings. The monoisotopic (exact) mass is 551 g/mol. The normalized spacial score (nSPS) is 34.7. The van der Waals surface area contributed by atoms with Gasteiger partial charge in [-0.05, 0) is 98.0 Å². The second-order valence-corrected chi connectivity index (χ2v) is 13.7. The van der Waals surface area contributed by atoms with Crippen LogP contribution in [0.4, 0.5) is 10.5 Å². The zero-order valence-corrected chi connectivity index (χ0v) is 24.9. The van der Waals surface area contributed by atoms with Crippen LogP contribution in [0.2, 0.25) is 0 Å². The third-order valence-corrected chi connectivity index (χ3v) is 11.7. The number of nitrogens with zero attached hydrogens (tertiary/aromatic N) is 1. The van der Waals surface area contributed by atoms with Gasteiger partial charge in [0.05, 0.1) is 4.92 Å². The van der Waals surface area contributed by atoms with Gasteiger partial charge in [0, 0.05) is 18.6 Å². The highest BCUT2D eigenvalue weighted by atomic mass is 16.7. The van der Waals surface area contributed by atoms with Crippen molar-refractivity contribution in [3.8, 4) is 5.75 Å². The number of hydrogen-bond donors (Lipinski definition) is 0. The SMILES string of the molecule is CCCCCCCC[C@H]1CC[C@H]2[C@@H]3CC=C4C[C@@H](OC(=O)Oc5ccc([N+](=O)[O-])cc5)CC[C@]4(C)[C@H]3CC[C@]12C. The van der Waals surface area contributed by atoms with Crippen molar-refractivity contribution < 1.29 is 19.2 Å². The van der Waals surface area contributed by atoms with E-state index in [4.69, 9.17) is 9.47 Å². The summed E-state index contributed by atoms with van der Waals surface area (Å²) in [5.74, 6) is 3.57. The molecule has 0 aliphatic heterocycles. The van der Waals surface area contributed by atoms with E-state index in [1.165, 1.54) is 107 Å². The maximum atomic E-state index is 12.5. The molecule has 0 heterocycles. The van der Waals surface area contributed by atoms with Crippen molar-refractivity contribution in [1.82, 2.24) is 0 Å². The van der Waals surface area contributed by atoms with Crippen LogP contribution in [0.25, 0.3) is 0 Å². The number of unbranched alkanes of at least 4 members (excludes halogenated alkanes) is 5. The Morgan fingerprint density at radius 1 is 0.975 bits per heavy atom. The summed E-state index contributed by atoms with van der Waals surface area (Å²) in [5.41, 5.74) is 2.18. The molecule has 0 N–H and O–H groups in total. The van der Waals surface area contributed by atoms with Crippen LogP contribution < -0.4 is 4.74 Å². The molecule has 220 valence electrons. The Labute approximate surface area is 240 Å². The number of allylic oxidation sites excluding steroid dienone is 1. The maximum absolute atomic E-state index is 12.5. The lowest BCUT2D eigenvalue weighted by Crippen LogP contribution is -2.50. The molecule has 0 aromatic heterocycles. The highest BCUT2D eigenvalue weighted by molar-refractivity contribution is 5.64. The van der Waals surface area contributed by atoms with E-state index in [1.807, 2.05) is 0 Å². The summed E-state index contributed by atoms with van der Waals surface area (Å²) in [6.07, 6.45) is 20.9. The fraction of sp³-hybridized carbons (Fsp3) is 0.735. The predicted molar refractivity (Wildman–Crippen MR) is 157 cm³/mol. The highest BCUT2D eigenvalue weighted by Gasteiger charge is 2.58. The first-order valence-electron chi connectivity index (χ1n) is 16.1. The Kier molecular flexibility index (Phi) is 8.92. The number of fused-ring (bicyclic) bond motifs is 5. The van der Waals surface area contributed by atoms with Gasteiger partial charge in [0.2, 0.25) is 0 Å². The van der Waals surface area contributed by atoms with Gasteiger partial charge in [-0.25, -0.2) is 4.79 Å². The zero-order valence-electron chi connectivity index (χ0n) is 24.9. The molecular weight excluding hydrogens is 502 g/mol. The Balaban J connectivity index is 1.16. The van der Waals surface area contributed by atoms with Crippen LogP contribution in [0.3, 0.4) is 0 Å². The van der Waals surface area contributed by atoms with Crippen LogP contribution in [0.5, 0.6) is 5.75 Å². The van der Waals surface area contributed by atoms with Gasteiger partial charge in [0.15, 0.2) is 0 Å². The van der Waals surface area contributed by atoms with Crippen molar-refractivity contribution in [2.75, 3.05) is 0 Å². The maximum Gasteiger partial charge on any atom is 0.514 e. The van der Waals surface area contributed by atoms with Crippen molar-refractivity contribution in [3.63, 3.8) is 0 Å². The summed E-state index contributed by atoms with van der Waals surface area (Å²) in [7, 11) is 0. The van der Waals surface area contributed by atoms with Crippen LogP contribution in [-0.4, -0.2) is 17.2 Å². The summed E-state index contributed by atoms with van der Waals surface area (Å²) in [5, 5.41) is 10.9. The molecule has 5 rings (SSSR count). The molecule has 4 aliphatic carbocycles. The molecule has 0 unspecified atom stereocenters. The van der Waals surface area contributed by atoms with Crippen LogP contribution in [-0.2, 0) is 4.74 Å². The summed E-state index contributed by atoms with van der Waals surface area (Å²) >= 11 is 0. The molecule has 0 bridgehead atoms. The quantitative estimate of drug-likeness (QED) is 0.0722. The summed E-state index contributed by atoms with van der Waals surface area (Å²) in [4.78, 5) is 22.9. The van der Waals surface area contributed by atoms with Crippen molar-refractivity contribution in [2.24, 2.45) is 34.5 Å². The summed E-state index contributed by atoms with van der Waals surface area (Å²) in [6.45, 7) is 7.43. The molecule has 3 fully saturated rings. The number of hydrogen-bond acceptors (Lipinski definition) is 5. The second-order valence-electron chi connectivity index (χ2n) is 13.7. The number of rotatable bonds is 10. The second kappa shape index (κ2) is 12.2. The third kappa shape index (κ3) is 5.83. The fourth-order valence-electron chi connectivity index (χ4n) is 9.37. The first kappa shape index (κ1) is 29.1. The van der Waals surface area contributed by atoms with Gasteiger partial charge >= 0.3 is 6.16 Å². The number of nitro benzene ring substituents is 1. The Morgan fingerprint density at radius 2 is 1.73 bits per heavy atom. The van der Waals surface area contributed by atoms with Crippen LogP contribution >= 0.6 is 0 Å². The zero-order chi connectivity index (χ0) is 28.3. The highest BCUT2D eigenvalue weighted by Crippen LogP contribution is 2.66. The largest absolute Gasteiger partial charge is 0.514 e. The molecule has 1 aromatic rings. The van der Waals surface area contributed by atoms with Gasteiger partial charge in [-0.3, -0.25) is 10.1 Å². The minimum absolute atomic E-state index is 0.0382. The first-order valence-corrected chi connectivity index (χ1v) is 16.1. The molecule has 0 amide bonds. The number of nitro groups is 1. The van der Waals surface area contributed by atoms with Crippen LogP contribution in [0.15, 0.2) is 35.9 Å². The molecule has 6 heteroatoms. The van der Waals surface area contributed by atoms with Crippen LogP contribution in [0.1, 0.15) is 117 Å². The van der Waals surface area contributed by atoms with E-state index in [2.05, 4.69) is 26.8 Å². The number of non-ortho nitro benzene ring substituents is 1. The standard InChI is InChI=1S/C34H49NO5/c1-4-5-6-7-8-9-10-24-12-18-30-29-17-11-25-23-28(19-21-34(25,3)31(29)20-22-33(24,30)2)40-32(36)39-27-15-13-26(14-16-27)35(37)38/h11,13-16,24,28-31H,4-10,12,17-23H2,1-3H3/t24-,28-,29-,30-,31-,33+,34-/m0/s1. The lowest BCUT2D eigenvalue weighted by Gasteiger charge is -2.58. The summed E-state index contributed by atoms with van der Waals surface area (Å²) < 4.78 is 11.1. The van der Waals surface area contributed by atoms with E-state index in [0.29, 0.717) is 5.41 Å². The van der Waals surface area contributed by atoms with Crippen molar-refractivity contribution >= 4 is 11.8 Å². The molecule has 1 aromatic carbocycles. The van der Waals surface area contributed by atoms with Gasteiger partial charge < -0.3 is 9.47 Å². The lowest BCUT2D eigenvalue weighted by molar-refractivity contribution is -0.384. The molecule has 0 saturated heterocycles. The number of ether oxygens (including phenoxy) is 2. The topological polar surface area (TPSA) is 78.7 Å². The van der Waals surface area contributed by atoms with E-state index < -0.39 is 11.1 Å². The molecule has 40 heavy (non-hydrogen) atoms. The minimum Gasteiger partial charge on any atom is -0.430 e. The molecule has 0 spiro atoms. The van der Waals surface area contributed by atoms with E-state index in [1.54, 1.807) is 0 Å². The number of carbonyl (C=O) groups excluding carboxylic acids is 1. The van der Waals surface area contributed by atoms with E-state index in [9.17, 15) is 14.9 Å². The summed E-state index contributed by atoms with van der Waals surface area (Å²) in [6, 6.07) is 5.51. The Bertz CT molecular complexity index is 1080. The average Bonchev–Trinajstić information content (AvgIpc) is 3.27.